The van der Waals surface area contributed by atoms with E-state index in [4.69, 9.17) is 20.2 Å². The minimum Gasteiger partial charge on any atom is -0.453 e. The van der Waals surface area contributed by atoms with Gasteiger partial charge in [0.1, 0.15) is 17.3 Å². The topological polar surface area (TPSA) is 95.0 Å². The number of nitrogens with two attached hydrogens (primary N) is 1. The second-order valence-electron chi connectivity index (χ2n) is 7.75. The first-order chi connectivity index (χ1) is 16.7. The van der Waals surface area contributed by atoms with Gasteiger partial charge in [-0.1, -0.05) is 42.5 Å². The van der Waals surface area contributed by atoms with E-state index in [1.54, 1.807) is 23.3 Å². The Bertz CT molecular complexity index is 1410. The highest BCUT2D eigenvalue weighted by Gasteiger charge is 2.29. The van der Waals surface area contributed by atoms with E-state index < -0.39 is 11.9 Å². The molecular weight excluding hydrogens is 430 g/mol. The fraction of sp³-hybridized carbons (Fsp3) is 0.115. The van der Waals surface area contributed by atoms with Crippen molar-refractivity contribution in [2.24, 2.45) is 10.7 Å². The Morgan fingerprint density at radius 3 is 2.88 bits per heavy atom. The second kappa shape index (κ2) is 9.50. The molecule has 2 aliphatic heterocycles. The number of para-hydroxylation sites is 1. The summed E-state index contributed by atoms with van der Waals surface area (Å²) in [5.74, 6) is 0.588. The number of rotatable bonds is 1. The number of hydrogen-bond acceptors (Lipinski definition) is 6. The molecule has 1 atom stereocenters. The number of amides is 1. The lowest BCUT2D eigenvalue weighted by Gasteiger charge is -2.19. The number of fused-ring (bicyclic) bond motifs is 4. The molecule has 0 saturated carbocycles. The number of aliphatic imine (C=N–C) groups is 1. The van der Waals surface area contributed by atoms with Gasteiger partial charge in [0.05, 0.1) is 18.3 Å². The van der Waals surface area contributed by atoms with Crippen LogP contribution < -0.4 is 10.5 Å². The quantitative estimate of drug-likeness (QED) is 0.605. The van der Waals surface area contributed by atoms with E-state index in [-0.39, 0.29) is 0 Å². The third-order valence-corrected chi connectivity index (χ3v) is 5.54. The molecular formula is C26H23N5O3. The predicted octanol–water partition coefficient (Wildman–Crippen LogP) is 3.78. The zero-order valence-corrected chi connectivity index (χ0v) is 18.3. The van der Waals surface area contributed by atoms with Crippen LogP contribution in [0, 0.1) is 0 Å². The van der Waals surface area contributed by atoms with Gasteiger partial charge in [0.15, 0.2) is 6.40 Å². The summed E-state index contributed by atoms with van der Waals surface area (Å²) >= 11 is 0. The molecule has 0 radical (unpaired) electrons. The summed E-state index contributed by atoms with van der Waals surface area (Å²) in [4.78, 5) is 22.7. The zero-order valence-electron chi connectivity index (χ0n) is 18.3. The maximum absolute atomic E-state index is 12.0. The largest absolute Gasteiger partial charge is 0.453 e. The zero-order chi connectivity index (χ0) is 23.3. The van der Waals surface area contributed by atoms with Gasteiger partial charge in [-0.05, 0) is 24.3 Å². The fourth-order valence-corrected chi connectivity index (χ4v) is 4.00. The average molecular weight is 454 g/mol. The number of allylic oxidation sites excluding steroid dienone is 5. The summed E-state index contributed by atoms with van der Waals surface area (Å²) in [7, 11) is 0. The van der Waals surface area contributed by atoms with Gasteiger partial charge >= 0.3 is 0 Å². The van der Waals surface area contributed by atoms with Crippen LogP contribution in [0.1, 0.15) is 0 Å². The molecule has 1 unspecified atom stereocenters. The molecule has 2 bridgehead atoms. The van der Waals surface area contributed by atoms with Gasteiger partial charge in [-0.2, -0.15) is 0 Å². The van der Waals surface area contributed by atoms with Gasteiger partial charge in [0.25, 0.3) is 0 Å². The monoisotopic (exact) mass is 453 g/mol. The molecule has 3 aromatic rings. The first-order valence-corrected chi connectivity index (χ1v) is 10.8. The number of aromatic nitrogens is 2. The SMILES string of the molecule is NC(=O)C1C=C2CN1/C=C\N=CO\C=C/C=C\C=C/Cn1ccc3c4ccccc4nc(c31)O2. The van der Waals surface area contributed by atoms with Gasteiger partial charge in [-0.25, -0.2) is 9.98 Å². The summed E-state index contributed by atoms with van der Waals surface area (Å²) in [6.45, 7) is 0.982. The van der Waals surface area contributed by atoms with Gasteiger partial charge in [0, 0.05) is 35.9 Å². The molecule has 2 N–H and O–H groups in total. The standard InChI is InChI=1S/C26H23N5O3/c27-25(32)23-16-19-17-31(23)14-11-28-18-33-15-7-3-1-2-6-12-30-13-10-21-20-8-4-5-9-22(20)29-26(34-19)24(21)30/h1-11,13-16,18,23H,12,17H2,(H2,27,32)/b3-1-,6-2-,14-11-,15-7-,28-18?. The molecule has 2 aromatic heterocycles. The van der Waals surface area contributed by atoms with Crippen molar-refractivity contribution in [1.29, 1.82) is 0 Å². The van der Waals surface area contributed by atoms with Crippen molar-refractivity contribution in [2.45, 2.75) is 12.6 Å². The molecule has 0 aliphatic carbocycles. The van der Waals surface area contributed by atoms with Crippen LogP contribution in [0.3, 0.4) is 0 Å². The van der Waals surface area contributed by atoms with Crippen LogP contribution in [-0.4, -0.2) is 39.3 Å². The lowest BCUT2D eigenvalue weighted by atomic mass is 10.1. The van der Waals surface area contributed by atoms with Crippen molar-refractivity contribution in [3.8, 4) is 5.88 Å². The van der Waals surface area contributed by atoms with Crippen molar-refractivity contribution in [2.75, 3.05) is 6.54 Å². The van der Waals surface area contributed by atoms with Gasteiger partial charge in [0.2, 0.25) is 11.8 Å². The molecule has 0 saturated heterocycles. The van der Waals surface area contributed by atoms with Gasteiger partial charge < -0.3 is 24.7 Å². The Labute approximate surface area is 196 Å². The van der Waals surface area contributed by atoms with E-state index in [9.17, 15) is 4.79 Å². The molecule has 0 spiro atoms. The van der Waals surface area contributed by atoms with Crippen LogP contribution >= 0.6 is 0 Å². The molecule has 2 aliphatic rings. The Balaban J connectivity index is 1.60. The molecule has 1 aromatic carbocycles. The summed E-state index contributed by atoms with van der Waals surface area (Å²) in [5.41, 5.74) is 7.35. The van der Waals surface area contributed by atoms with E-state index in [0.29, 0.717) is 24.7 Å². The number of carbonyl (C=O) groups excluding carboxylic acids is 1. The van der Waals surface area contributed by atoms with Crippen LogP contribution in [0.25, 0.3) is 21.8 Å². The third kappa shape index (κ3) is 4.33. The lowest BCUT2D eigenvalue weighted by molar-refractivity contribution is -0.120. The highest BCUT2D eigenvalue weighted by molar-refractivity contribution is 6.06. The Morgan fingerprint density at radius 2 is 1.97 bits per heavy atom. The van der Waals surface area contributed by atoms with E-state index in [2.05, 4.69) is 21.7 Å². The second-order valence-corrected chi connectivity index (χ2v) is 7.75. The Morgan fingerprint density at radius 1 is 1.09 bits per heavy atom. The molecule has 8 nitrogen and oxygen atoms in total. The first-order valence-electron chi connectivity index (χ1n) is 10.8. The molecule has 34 heavy (non-hydrogen) atoms. The highest BCUT2D eigenvalue weighted by atomic mass is 16.5. The fourth-order valence-electron chi connectivity index (χ4n) is 4.00. The molecule has 0 fully saturated rings. The van der Waals surface area contributed by atoms with Crippen molar-refractivity contribution in [1.82, 2.24) is 14.5 Å². The highest BCUT2D eigenvalue weighted by Crippen LogP contribution is 2.33. The van der Waals surface area contributed by atoms with E-state index in [1.165, 1.54) is 18.9 Å². The smallest absolute Gasteiger partial charge is 0.244 e. The van der Waals surface area contributed by atoms with Gasteiger partial charge in [-0.15, -0.1) is 0 Å². The molecule has 4 heterocycles. The van der Waals surface area contributed by atoms with Crippen LogP contribution in [0.4, 0.5) is 0 Å². The van der Waals surface area contributed by atoms with E-state index in [1.807, 2.05) is 48.7 Å². The minimum atomic E-state index is -0.649. The average Bonchev–Trinajstić information content (AvgIpc) is 3.44. The summed E-state index contributed by atoms with van der Waals surface area (Å²) in [5, 5.41) is 2.10. The maximum atomic E-state index is 12.0. The Hall–Kier alpha value is -4.59. The number of benzene rings is 1. The lowest BCUT2D eigenvalue weighted by Crippen LogP contribution is -2.37. The third-order valence-electron chi connectivity index (χ3n) is 5.54. The number of hydrogen-bond donors (Lipinski definition) is 1. The summed E-state index contributed by atoms with van der Waals surface area (Å²) in [6.07, 6.45) is 19.3. The maximum Gasteiger partial charge on any atom is 0.244 e. The first kappa shape index (κ1) is 21.3. The van der Waals surface area contributed by atoms with Crippen molar-refractivity contribution in [3.05, 3.63) is 97.4 Å². The summed E-state index contributed by atoms with van der Waals surface area (Å²) < 4.78 is 13.6. The van der Waals surface area contributed by atoms with Crippen molar-refractivity contribution < 1.29 is 14.3 Å². The normalized spacial score (nSPS) is 22.1. The summed E-state index contributed by atoms with van der Waals surface area (Å²) in [6, 6.07) is 9.39. The van der Waals surface area contributed by atoms with Crippen molar-refractivity contribution in [3.63, 3.8) is 0 Å². The van der Waals surface area contributed by atoms with Crippen molar-refractivity contribution >= 4 is 34.1 Å². The van der Waals surface area contributed by atoms with E-state index >= 15 is 0 Å². The number of nitrogens with zero attached hydrogens (tertiary/aromatic N) is 4. The van der Waals surface area contributed by atoms with Crippen LogP contribution in [0.2, 0.25) is 0 Å². The number of primary amides is 1. The Kier molecular flexibility index (Phi) is 5.94. The molecule has 170 valence electrons. The number of carbonyl (C=O) groups is 1. The molecule has 1 amide bonds. The van der Waals surface area contributed by atoms with Crippen LogP contribution in [0.15, 0.2) is 102 Å². The number of ether oxygens (including phenoxy) is 2. The van der Waals surface area contributed by atoms with E-state index in [0.717, 1.165) is 21.8 Å². The van der Waals surface area contributed by atoms with Crippen LogP contribution in [-0.2, 0) is 16.1 Å². The predicted molar refractivity (Wildman–Crippen MR) is 132 cm³/mol. The van der Waals surface area contributed by atoms with Crippen LogP contribution in [0.5, 0.6) is 5.88 Å². The van der Waals surface area contributed by atoms with Gasteiger partial charge in [-0.3, -0.25) is 4.79 Å². The minimum absolute atomic E-state index is 0.348. The molecule has 5 rings (SSSR count). The number of pyridine rings is 1. The molecule has 8 heteroatoms.